The van der Waals surface area contributed by atoms with Gasteiger partial charge in [0.25, 0.3) is 0 Å². The first kappa shape index (κ1) is 32.3. The van der Waals surface area contributed by atoms with Gasteiger partial charge >= 0.3 is 0 Å². The maximum atomic E-state index is 5.06. The zero-order chi connectivity index (χ0) is 36.6. The lowest BCUT2D eigenvalue weighted by Crippen LogP contribution is -2.33. The molecule has 5 nitrogen and oxygen atoms in total. The average molecular weight is 706 g/mol. The largest absolute Gasteiger partial charge is 0.344 e. The first-order valence-corrected chi connectivity index (χ1v) is 18.5. The van der Waals surface area contributed by atoms with E-state index in [0.717, 1.165) is 50.5 Å². The quantitative estimate of drug-likeness (QED) is 0.179. The maximum absolute atomic E-state index is 5.06. The van der Waals surface area contributed by atoms with Crippen LogP contribution in [0.3, 0.4) is 0 Å². The smallest absolute Gasteiger partial charge is 0.159 e. The second-order valence-corrected chi connectivity index (χ2v) is 13.7. The van der Waals surface area contributed by atoms with Crippen molar-refractivity contribution < 1.29 is 0 Å². The van der Waals surface area contributed by atoms with Crippen LogP contribution in [0.2, 0.25) is 0 Å². The molecule has 0 amide bonds. The number of fused-ring (bicyclic) bond motifs is 3. The molecule has 3 heterocycles. The molecule has 0 bridgehead atoms. The second-order valence-electron chi connectivity index (χ2n) is 13.7. The normalized spacial score (nSPS) is 14.0. The van der Waals surface area contributed by atoms with Crippen LogP contribution in [0.15, 0.2) is 210 Å². The van der Waals surface area contributed by atoms with Gasteiger partial charge in [-0.25, -0.2) is 9.98 Å². The van der Waals surface area contributed by atoms with Crippen LogP contribution in [0.25, 0.3) is 60.9 Å². The van der Waals surface area contributed by atoms with Crippen LogP contribution in [0.5, 0.6) is 0 Å². The number of aliphatic imine (C=N–C) groups is 2. The minimum atomic E-state index is -0.262. The molecular formula is C50H35N5. The van der Waals surface area contributed by atoms with E-state index < -0.39 is 0 Å². The molecule has 9 aromatic rings. The molecule has 0 saturated heterocycles. The van der Waals surface area contributed by atoms with Gasteiger partial charge in [-0.3, -0.25) is 4.98 Å². The van der Waals surface area contributed by atoms with E-state index in [1.165, 1.54) is 32.9 Å². The predicted octanol–water partition coefficient (Wildman–Crippen LogP) is 11.7. The lowest BCUT2D eigenvalue weighted by atomic mass is 9.96. The number of benzene rings is 7. The number of rotatable bonds is 7. The summed E-state index contributed by atoms with van der Waals surface area (Å²) in [5.41, 5.74) is 13.6. The molecule has 5 heteroatoms. The van der Waals surface area contributed by atoms with E-state index in [-0.39, 0.29) is 6.17 Å². The Morgan fingerprint density at radius 3 is 1.67 bits per heavy atom. The fourth-order valence-electron chi connectivity index (χ4n) is 7.67. The molecule has 0 radical (unpaired) electrons. The van der Waals surface area contributed by atoms with Crippen molar-refractivity contribution in [2.75, 3.05) is 0 Å². The lowest BCUT2D eigenvalue weighted by Gasteiger charge is -2.24. The first-order valence-electron chi connectivity index (χ1n) is 18.5. The summed E-state index contributed by atoms with van der Waals surface area (Å²) in [6, 6.07) is 66.3. The van der Waals surface area contributed by atoms with Crippen molar-refractivity contribution in [1.29, 1.82) is 0 Å². The van der Waals surface area contributed by atoms with Gasteiger partial charge in [0.05, 0.1) is 11.0 Å². The molecule has 1 unspecified atom stereocenters. The third kappa shape index (κ3) is 6.08. The summed E-state index contributed by atoms with van der Waals surface area (Å²) >= 11 is 0. The van der Waals surface area contributed by atoms with E-state index in [0.29, 0.717) is 5.84 Å². The van der Waals surface area contributed by atoms with Crippen molar-refractivity contribution in [3.8, 4) is 39.1 Å². The molecule has 1 aliphatic rings. The summed E-state index contributed by atoms with van der Waals surface area (Å²) in [5.74, 6) is 1.49. The highest BCUT2D eigenvalue weighted by atomic mass is 15.2. The number of hydrogen-bond acceptors (Lipinski definition) is 4. The summed E-state index contributed by atoms with van der Waals surface area (Å²) in [6.07, 6.45) is 3.37. The number of amidine groups is 2. The minimum absolute atomic E-state index is 0.262. The maximum Gasteiger partial charge on any atom is 0.159 e. The fraction of sp³-hybridized carbons (Fsp3) is 0.0200. The van der Waals surface area contributed by atoms with Crippen molar-refractivity contribution in [2.45, 2.75) is 6.17 Å². The number of pyridine rings is 1. The average Bonchev–Trinajstić information content (AvgIpc) is 3.62. The van der Waals surface area contributed by atoms with Gasteiger partial charge in [-0.2, -0.15) is 0 Å². The van der Waals surface area contributed by atoms with E-state index >= 15 is 0 Å². The first-order chi connectivity index (χ1) is 27.3. The zero-order valence-electron chi connectivity index (χ0n) is 29.9. The molecule has 0 saturated carbocycles. The number of para-hydroxylation sites is 2. The molecule has 0 spiro atoms. The van der Waals surface area contributed by atoms with Gasteiger partial charge in [-0.05, 0) is 75.3 Å². The number of aromatic nitrogens is 2. The molecular weight excluding hydrogens is 671 g/mol. The summed E-state index contributed by atoms with van der Waals surface area (Å²) in [4.78, 5) is 14.3. The van der Waals surface area contributed by atoms with Gasteiger partial charge in [0.15, 0.2) is 5.84 Å². The van der Waals surface area contributed by atoms with Crippen LogP contribution >= 0.6 is 0 Å². The Morgan fingerprint density at radius 2 is 0.982 bits per heavy atom. The number of nitrogens with one attached hydrogen (secondary N) is 1. The van der Waals surface area contributed by atoms with Crippen molar-refractivity contribution in [3.63, 3.8) is 0 Å². The summed E-state index contributed by atoms with van der Waals surface area (Å²) < 4.78 is 2.37. The predicted molar refractivity (Wildman–Crippen MR) is 227 cm³/mol. The second kappa shape index (κ2) is 13.9. The van der Waals surface area contributed by atoms with Crippen molar-refractivity contribution >= 4 is 33.5 Å². The Morgan fingerprint density at radius 1 is 0.436 bits per heavy atom. The molecule has 2 aromatic heterocycles. The van der Waals surface area contributed by atoms with Crippen LogP contribution in [-0.4, -0.2) is 21.2 Å². The molecule has 1 atom stereocenters. The third-order valence-corrected chi connectivity index (χ3v) is 10.4. The van der Waals surface area contributed by atoms with Gasteiger partial charge < -0.3 is 9.88 Å². The van der Waals surface area contributed by atoms with Gasteiger partial charge in [0, 0.05) is 40.0 Å². The highest BCUT2D eigenvalue weighted by Crippen LogP contribution is 2.39. The molecule has 1 aliphatic heterocycles. The highest BCUT2D eigenvalue weighted by molar-refractivity contribution is 6.16. The van der Waals surface area contributed by atoms with Gasteiger partial charge in [-0.1, -0.05) is 152 Å². The SMILES string of the molecule is c1ccc(C2N=C(c3ccc(-c4ccncc4)cc3)N=C(c3ccc(-c4ccc(-c5cccc6c5c5ccccc5n6-c5ccccc5)cc4)cc3)N2)cc1. The third-order valence-electron chi connectivity index (χ3n) is 10.4. The Labute approximate surface area is 319 Å². The minimum Gasteiger partial charge on any atom is -0.344 e. The Hall–Kier alpha value is -7.37. The van der Waals surface area contributed by atoms with Gasteiger partial charge in [-0.15, -0.1) is 0 Å². The number of hydrogen-bond donors (Lipinski definition) is 1. The standard InChI is InChI=1S/C50H35N5/c1-3-10-39(11-4-1)48-52-49(54-50(53-48)41-28-22-36(23-29-41)37-30-32-51-33-31-37)40-26-20-35(21-27-40)34-18-24-38(25-19-34)43-15-9-17-46-47(43)44-14-7-8-16-45(44)55(46)42-12-5-2-6-13-42/h1-33,48H,(H,52,53,54). The van der Waals surface area contributed by atoms with Crippen molar-refractivity contribution in [3.05, 3.63) is 217 Å². The monoisotopic (exact) mass is 705 g/mol. The van der Waals surface area contributed by atoms with Crippen molar-refractivity contribution in [2.24, 2.45) is 9.98 Å². The van der Waals surface area contributed by atoms with Gasteiger partial charge in [0.1, 0.15) is 12.0 Å². The lowest BCUT2D eigenvalue weighted by molar-refractivity contribution is 0.674. The van der Waals surface area contributed by atoms with Crippen LogP contribution in [0, 0.1) is 0 Å². The molecule has 260 valence electrons. The fourth-order valence-corrected chi connectivity index (χ4v) is 7.67. The molecule has 55 heavy (non-hydrogen) atoms. The van der Waals surface area contributed by atoms with E-state index in [1.54, 1.807) is 0 Å². The van der Waals surface area contributed by atoms with E-state index in [9.17, 15) is 0 Å². The summed E-state index contributed by atoms with van der Waals surface area (Å²) in [6.45, 7) is 0. The van der Waals surface area contributed by atoms with E-state index in [1.807, 2.05) is 42.7 Å². The summed E-state index contributed by atoms with van der Waals surface area (Å²) in [5, 5.41) is 6.12. The van der Waals surface area contributed by atoms with Crippen LogP contribution in [-0.2, 0) is 0 Å². The molecule has 0 aliphatic carbocycles. The van der Waals surface area contributed by atoms with Crippen LogP contribution < -0.4 is 5.32 Å². The molecule has 10 rings (SSSR count). The molecule has 7 aromatic carbocycles. The summed E-state index contributed by atoms with van der Waals surface area (Å²) in [7, 11) is 0. The zero-order valence-corrected chi connectivity index (χ0v) is 29.9. The van der Waals surface area contributed by atoms with E-state index in [2.05, 4.69) is 173 Å². The van der Waals surface area contributed by atoms with Crippen molar-refractivity contribution in [1.82, 2.24) is 14.9 Å². The Kier molecular flexibility index (Phi) is 8.15. The van der Waals surface area contributed by atoms with Crippen LogP contribution in [0.1, 0.15) is 22.9 Å². The molecule has 0 fully saturated rings. The molecule has 1 N–H and O–H groups in total. The highest BCUT2D eigenvalue weighted by Gasteiger charge is 2.21. The topological polar surface area (TPSA) is 54.6 Å². The Bertz CT molecular complexity index is 2840. The van der Waals surface area contributed by atoms with Gasteiger partial charge in [0.2, 0.25) is 0 Å². The Balaban J connectivity index is 0.957. The van der Waals surface area contributed by atoms with Crippen LogP contribution in [0.4, 0.5) is 0 Å². The number of nitrogens with zero attached hydrogens (tertiary/aromatic N) is 4. The van der Waals surface area contributed by atoms with E-state index in [4.69, 9.17) is 9.98 Å².